The van der Waals surface area contributed by atoms with Gasteiger partial charge in [0.2, 0.25) is 11.3 Å². The summed E-state index contributed by atoms with van der Waals surface area (Å²) in [5.74, 6) is 1.16. The molecule has 7 nitrogen and oxygen atoms in total. The van der Waals surface area contributed by atoms with Crippen molar-refractivity contribution in [2.24, 2.45) is 0 Å². The summed E-state index contributed by atoms with van der Waals surface area (Å²) in [7, 11) is 0. The van der Waals surface area contributed by atoms with E-state index >= 15 is 0 Å². The molecule has 0 fully saturated rings. The minimum Gasteiger partial charge on any atom is -0.360 e. The van der Waals surface area contributed by atoms with Crippen LogP contribution in [0, 0.1) is 13.8 Å². The summed E-state index contributed by atoms with van der Waals surface area (Å²) >= 11 is 0. The SMILES string of the molecule is Cc1ccc(Nc2nc3nonc3nc2N[C@H](C)c2ccccc2)cc1C. The molecular formula is C20H20N6O. The Kier molecular flexibility index (Phi) is 4.42. The molecule has 0 aliphatic rings. The van der Waals surface area contributed by atoms with Crippen LogP contribution in [-0.4, -0.2) is 20.3 Å². The van der Waals surface area contributed by atoms with Crippen LogP contribution in [0.1, 0.15) is 29.7 Å². The standard InChI is InChI=1S/C20H20N6O/c1-12-9-10-16(11-13(12)2)22-18-17(23-19-20(24-18)26-27-25-19)21-14(3)15-7-5-4-6-8-15/h4-11,14H,1-3H3,(H,21,23,25)(H,22,24,26)/t14-/m1/s1. The number of anilines is 3. The molecule has 2 N–H and O–H groups in total. The lowest BCUT2D eigenvalue weighted by Gasteiger charge is -2.17. The summed E-state index contributed by atoms with van der Waals surface area (Å²) in [6, 6.07) is 16.4. The first kappa shape index (κ1) is 17.0. The van der Waals surface area contributed by atoms with E-state index in [1.807, 2.05) is 24.3 Å². The number of nitrogens with one attached hydrogen (secondary N) is 2. The van der Waals surface area contributed by atoms with Crippen LogP contribution in [0.3, 0.4) is 0 Å². The summed E-state index contributed by atoms with van der Waals surface area (Å²) < 4.78 is 4.77. The molecule has 0 saturated heterocycles. The molecule has 136 valence electrons. The summed E-state index contributed by atoms with van der Waals surface area (Å²) in [4.78, 5) is 9.06. The van der Waals surface area contributed by atoms with Crippen LogP contribution in [0.15, 0.2) is 53.2 Å². The highest BCUT2D eigenvalue weighted by molar-refractivity contribution is 5.76. The molecule has 0 spiro atoms. The van der Waals surface area contributed by atoms with Gasteiger partial charge in [0.1, 0.15) is 0 Å². The van der Waals surface area contributed by atoms with E-state index in [2.05, 4.69) is 76.0 Å². The predicted octanol–water partition coefficient (Wildman–Crippen LogP) is 4.55. The van der Waals surface area contributed by atoms with Crippen LogP contribution in [0.4, 0.5) is 17.3 Å². The van der Waals surface area contributed by atoms with E-state index in [0.717, 1.165) is 11.3 Å². The lowest BCUT2D eigenvalue weighted by molar-refractivity contribution is 0.314. The Morgan fingerprint density at radius 2 is 1.56 bits per heavy atom. The first-order valence-electron chi connectivity index (χ1n) is 8.76. The molecule has 0 saturated carbocycles. The summed E-state index contributed by atoms with van der Waals surface area (Å²) in [5, 5.41) is 14.4. The van der Waals surface area contributed by atoms with E-state index in [-0.39, 0.29) is 6.04 Å². The molecule has 27 heavy (non-hydrogen) atoms. The van der Waals surface area contributed by atoms with Crippen LogP contribution in [0.25, 0.3) is 11.3 Å². The number of aromatic nitrogens is 4. The van der Waals surface area contributed by atoms with Crippen LogP contribution in [-0.2, 0) is 0 Å². The summed E-state index contributed by atoms with van der Waals surface area (Å²) in [5.41, 5.74) is 5.24. The van der Waals surface area contributed by atoms with E-state index in [9.17, 15) is 0 Å². The molecular weight excluding hydrogens is 340 g/mol. The van der Waals surface area contributed by atoms with Gasteiger partial charge in [0.05, 0.1) is 6.04 Å². The number of hydrogen-bond donors (Lipinski definition) is 2. The molecule has 2 aromatic heterocycles. The highest BCUT2D eigenvalue weighted by Crippen LogP contribution is 2.28. The first-order chi connectivity index (χ1) is 13.1. The van der Waals surface area contributed by atoms with Crippen molar-refractivity contribution in [3.05, 3.63) is 65.2 Å². The predicted molar refractivity (Wildman–Crippen MR) is 105 cm³/mol. The summed E-state index contributed by atoms with van der Waals surface area (Å²) in [6.45, 7) is 6.23. The lowest BCUT2D eigenvalue weighted by Crippen LogP contribution is -2.11. The zero-order valence-electron chi connectivity index (χ0n) is 15.4. The molecule has 0 aliphatic heterocycles. The maximum Gasteiger partial charge on any atom is 0.245 e. The molecule has 0 amide bonds. The van der Waals surface area contributed by atoms with Crippen LogP contribution in [0.2, 0.25) is 0 Å². The average Bonchev–Trinajstić information content (AvgIpc) is 3.13. The van der Waals surface area contributed by atoms with Crippen molar-refractivity contribution < 1.29 is 4.63 Å². The van der Waals surface area contributed by atoms with Gasteiger partial charge in [0, 0.05) is 5.69 Å². The third-order valence-corrected chi connectivity index (χ3v) is 4.54. The Labute approximate surface area is 156 Å². The molecule has 7 heteroatoms. The molecule has 4 aromatic rings. The number of nitrogens with zero attached hydrogens (tertiary/aromatic N) is 4. The van der Waals surface area contributed by atoms with Crippen molar-refractivity contribution in [3.63, 3.8) is 0 Å². The van der Waals surface area contributed by atoms with Gasteiger partial charge < -0.3 is 10.6 Å². The van der Waals surface area contributed by atoms with E-state index < -0.39 is 0 Å². The van der Waals surface area contributed by atoms with Gasteiger partial charge >= 0.3 is 0 Å². The van der Waals surface area contributed by atoms with Crippen molar-refractivity contribution in [2.75, 3.05) is 10.6 Å². The number of benzene rings is 2. The van der Waals surface area contributed by atoms with Gasteiger partial charge in [0.25, 0.3) is 0 Å². The number of rotatable bonds is 5. The Morgan fingerprint density at radius 1 is 0.852 bits per heavy atom. The highest BCUT2D eigenvalue weighted by atomic mass is 16.6. The monoisotopic (exact) mass is 360 g/mol. The topological polar surface area (TPSA) is 88.8 Å². The Bertz CT molecular complexity index is 1080. The minimum atomic E-state index is 0.0399. The zero-order valence-corrected chi connectivity index (χ0v) is 15.4. The second-order valence-electron chi connectivity index (χ2n) is 6.53. The van der Waals surface area contributed by atoms with Crippen molar-refractivity contribution >= 4 is 28.6 Å². The highest BCUT2D eigenvalue weighted by Gasteiger charge is 2.16. The second-order valence-corrected chi connectivity index (χ2v) is 6.53. The fourth-order valence-electron chi connectivity index (χ4n) is 2.81. The van der Waals surface area contributed by atoms with Crippen molar-refractivity contribution in [1.29, 1.82) is 0 Å². The van der Waals surface area contributed by atoms with Crippen molar-refractivity contribution in [2.45, 2.75) is 26.8 Å². The molecule has 0 bridgehead atoms. The van der Waals surface area contributed by atoms with E-state index in [4.69, 9.17) is 4.63 Å². The van der Waals surface area contributed by atoms with Crippen molar-refractivity contribution in [1.82, 2.24) is 20.3 Å². The van der Waals surface area contributed by atoms with Gasteiger partial charge in [0.15, 0.2) is 11.6 Å². The molecule has 0 radical (unpaired) electrons. The van der Waals surface area contributed by atoms with Crippen molar-refractivity contribution in [3.8, 4) is 0 Å². The molecule has 2 aromatic carbocycles. The molecule has 1 atom stereocenters. The largest absolute Gasteiger partial charge is 0.360 e. The number of hydrogen-bond acceptors (Lipinski definition) is 7. The van der Waals surface area contributed by atoms with Crippen LogP contribution in [0.5, 0.6) is 0 Å². The van der Waals surface area contributed by atoms with Gasteiger partial charge in [-0.2, -0.15) is 0 Å². The second kappa shape index (κ2) is 7.03. The average molecular weight is 360 g/mol. The molecule has 0 aliphatic carbocycles. The van der Waals surface area contributed by atoms with Gasteiger partial charge in [-0.15, -0.1) is 0 Å². The molecule has 4 rings (SSSR count). The number of fused-ring (bicyclic) bond motifs is 1. The Balaban J connectivity index is 1.69. The maximum atomic E-state index is 4.77. The minimum absolute atomic E-state index is 0.0399. The zero-order chi connectivity index (χ0) is 18.8. The van der Waals surface area contributed by atoms with Crippen LogP contribution >= 0.6 is 0 Å². The molecule has 0 unspecified atom stereocenters. The normalized spacial score (nSPS) is 12.1. The van der Waals surface area contributed by atoms with Gasteiger partial charge in [-0.05, 0) is 59.9 Å². The van der Waals surface area contributed by atoms with Gasteiger partial charge in [-0.1, -0.05) is 36.4 Å². The summed E-state index contributed by atoms with van der Waals surface area (Å²) in [6.07, 6.45) is 0. The van der Waals surface area contributed by atoms with E-state index in [1.54, 1.807) is 0 Å². The van der Waals surface area contributed by atoms with E-state index in [1.165, 1.54) is 11.1 Å². The first-order valence-corrected chi connectivity index (χ1v) is 8.76. The van der Waals surface area contributed by atoms with Gasteiger partial charge in [-0.3, -0.25) is 0 Å². The fourth-order valence-corrected chi connectivity index (χ4v) is 2.81. The third kappa shape index (κ3) is 3.57. The van der Waals surface area contributed by atoms with E-state index in [0.29, 0.717) is 22.9 Å². The lowest BCUT2D eigenvalue weighted by atomic mass is 10.1. The maximum absolute atomic E-state index is 4.77. The quantitative estimate of drug-likeness (QED) is 0.540. The smallest absolute Gasteiger partial charge is 0.245 e. The van der Waals surface area contributed by atoms with Crippen LogP contribution < -0.4 is 10.6 Å². The number of aryl methyl sites for hydroxylation is 2. The van der Waals surface area contributed by atoms with Gasteiger partial charge in [-0.25, -0.2) is 14.6 Å². The third-order valence-electron chi connectivity index (χ3n) is 4.54. The Morgan fingerprint density at radius 3 is 2.26 bits per heavy atom. The Hall–Kier alpha value is -3.48. The fraction of sp³-hybridized carbons (Fsp3) is 0.200. The molecule has 2 heterocycles.